The van der Waals surface area contributed by atoms with Crippen molar-refractivity contribution in [1.82, 2.24) is 0 Å². The second-order valence-electron chi connectivity index (χ2n) is 1.82. The molecule has 1 aromatic heterocycles. The van der Waals surface area contributed by atoms with Crippen LogP contribution in [0.2, 0.25) is 0 Å². The number of nitrogens with zero attached hydrogens (tertiary/aromatic N) is 1. The molecule has 0 spiro atoms. The average molecular weight is 121 g/mol. The van der Waals surface area contributed by atoms with Gasteiger partial charge >= 0.3 is 0 Å². The van der Waals surface area contributed by atoms with Crippen molar-refractivity contribution in [1.29, 1.82) is 0 Å². The first kappa shape index (κ1) is 5.95. The predicted octanol–water partition coefficient (Wildman–Crippen LogP) is 0.124. The number of aromatic nitrogens is 1. The molecule has 0 aliphatic rings. The zero-order chi connectivity index (χ0) is 6.69. The Balaban J connectivity index is 3.01. The molecule has 0 fully saturated rings. The van der Waals surface area contributed by atoms with Crippen molar-refractivity contribution in [2.24, 2.45) is 7.05 Å². The summed E-state index contributed by atoms with van der Waals surface area (Å²) >= 11 is 0. The van der Waals surface area contributed by atoms with E-state index < -0.39 is 0 Å². The molecule has 2 heteroatoms. The number of carbonyl (C=O) groups excluding carboxylic acids is 1. The highest BCUT2D eigenvalue weighted by molar-refractivity contribution is 5.73. The van der Waals surface area contributed by atoms with Gasteiger partial charge in [0, 0.05) is 0 Å². The first-order valence-corrected chi connectivity index (χ1v) is 2.65. The number of pyridine rings is 1. The van der Waals surface area contributed by atoms with E-state index in [0.717, 1.165) is 6.29 Å². The highest BCUT2D eigenvalue weighted by Gasteiger charge is 1.81. The van der Waals surface area contributed by atoms with Crippen LogP contribution in [0.5, 0.6) is 0 Å². The molecule has 0 saturated heterocycles. The zero-order valence-electron chi connectivity index (χ0n) is 5.16. The molecule has 0 amide bonds. The normalized spacial score (nSPS) is 9.00. The van der Waals surface area contributed by atoms with Crippen molar-refractivity contribution >= 4 is 6.29 Å². The SMILES string of the molecule is C[n+]1[c-]cc(C=O)cc1. The lowest BCUT2D eigenvalue weighted by Crippen LogP contribution is -2.26. The van der Waals surface area contributed by atoms with E-state index in [9.17, 15) is 4.79 Å². The van der Waals surface area contributed by atoms with Gasteiger partial charge in [-0.1, -0.05) is 17.7 Å². The summed E-state index contributed by atoms with van der Waals surface area (Å²) in [5.41, 5.74) is 0.660. The average Bonchev–Trinajstić information content (AvgIpc) is 1.90. The minimum atomic E-state index is 0.660. The number of hydrogen-bond donors (Lipinski definition) is 0. The minimum absolute atomic E-state index is 0.660. The van der Waals surface area contributed by atoms with E-state index in [4.69, 9.17) is 0 Å². The maximum Gasteiger partial charge on any atom is 0.115 e. The Labute approximate surface area is 53.8 Å². The predicted molar refractivity (Wildman–Crippen MR) is 31.8 cm³/mol. The summed E-state index contributed by atoms with van der Waals surface area (Å²) < 4.78 is 1.76. The Morgan fingerprint density at radius 2 is 2.56 bits per heavy atom. The maximum absolute atomic E-state index is 10.1. The smallest absolute Gasteiger partial charge is 0.115 e. The minimum Gasteiger partial charge on any atom is -0.313 e. The maximum atomic E-state index is 10.1. The van der Waals surface area contributed by atoms with E-state index in [2.05, 4.69) is 6.20 Å². The van der Waals surface area contributed by atoms with E-state index in [1.165, 1.54) is 0 Å². The molecule has 0 radical (unpaired) electrons. The molecule has 0 N–H and O–H groups in total. The second-order valence-corrected chi connectivity index (χ2v) is 1.82. The van der Waals surface area contributed by atoms with Gasteiger partial charge < -0.3 is 9.36 Å². The van der Waals surface area contributed by atoms with Gasteiger partial charge in [-0.25, -0.2) is 0 Å². The van der Waals surface area contributed by atoms with Crippen molar-refractivity contribution in [2.45, 2.75) is 0 Å². The third-order valence-corrected chi connectivity index (χ3v) is 1.06. The molecular weight excluding hydrogens is 114 g/mol. The van der Waals surface area contributed by atoms with Gasteiger partial charge in [0.1, 0.15) is 13.2 Å². The van der Waals surface area contributed by atoms with Gasteiger partial charge in [-0.05, 0) is 0 Å². The lowest BCUT2D eigenvalue weighted by molar-refractivity contribution is -0.675. The molecule has 0 unspecified atom stereocenters. The lowest BCUT2D eigenvalue weighted by atomic mass is 10.3. The monoisotopic (exact) mass is 121 g/mol. The van der Waals surface area contributed by atoms with Gasteiger partial charge in [-0.2, -0.15) is 0 Å². The van der Waals surface area contributed by atoms with Gasteiger partial charge in [-0.15, -0.1) is 0 Å². The molecule has 1 heterocycles. The van der Waals surface area contributed by atoms with Gasteiger partial charge in [0.15, 0.2) is 0 Å². The Morgan fingerprint density at radius 3 is 3.00 bits per heavy atom. The van der Waals surface area contributed by atoms with Crippen molar-refractivity contribution in [3.63, 3.8) is 0 Å². The van der Waals surface area contributed by atoms with E-state index in [-0.39, 0.29) is 0 Å². The van der Waals surface area contributed by atoms with E-state index in [1.807, 2.05) is 7.05 Å². The summed E-state index contributed by atoms with van der Waals surface area (Å²) in [5.74, 6) is 0. The summed E-state index contributed by atoms with van der Waals surface area (Å²) in [5, 5.41) is 0. The molecule has 2 nitrogen and oxygen atoms in total. The van der Waals surface area contributed by atoms with Crippen LogP contribution >= 0.6 is 0 Å². The molecule has 0 aliphatic carbocycles. The largest absolute Gasteiger partial charge is 0.313 e. The zero-order valence-corrected chi connectivity index (χ0v) is 5.16. The Kier molecular flexibility index (Phi) is 1.58. The fourth-order valence-electron chi connectivity index (χ4n) is 0.539. The fraction of sp³-hybridized carbons (Fsp3) is 0.143. The number of aryl methyl sites for hydroxylation is 1. The molecule has 0 aliphatic heterocycles. The summed E-state index contributed by atoms with van der Waals surface area (Å²) in [7, 11) is 1.86. The number of carbonyl (C=O) groups is 1. The van der Waals surface area contributed by atoms with Crippen molar-refractivity contribution < 1.29 is 9.36 Å². The summed E-state index contributed by atoms with van der Waals surface area (Å²) in [6, 6.07) is 3.39. The van der Waals surface area contributed by atoms with Gasteiger partial charge in [-0.3, -0.25) is 0 Å². The molecule has 0 atom stereocenters. The van der Waals surface area contributed by atoms with Gasteiger partial charge in [0.05, 0.1) is 12.5 Å². The summed E-state index contributed by atoms with van der Waals surface area (Å²) in [6.45, 7) is 0. The van der Waals surface area contributed by atoms with Crippen LogP contribution in [-0.2, 0) is 7.05 Å². The molecular formula is C7H7NO. The van der Waals surface area contributed by atoms with Gasteiger partial charge in [0.25, 0.3) is 0 Å². The quantitative estimate of drug-likeness (QED) is 0.294. The highest BCUT2D eigenvalue weighted by atomic mass is 16.1. The first-order valence-electron chi connectivity index (χ1n) is 2.65. The third kappa shape index (κ3) is 1.35. The van der Waals surface area contributed by atoms with Crippen LogP contribution in [0.1, 0.15) is 10.4 Å². The molecule has 0 bridgehead atoms. The third-order valence-electron chi connectivity index (χ3n) is 1.06. The topological polar surface area (TPSA) is 20.9 Å². The van der Waals surface area contributed by atoms with Crippen molar-refractivity contribution in [2.75, 3.05) is 0 Å². The van der Waals surface area contributed by atoms with E-state index in [1.54, 1.807) is 22.9 Å². The molecule has 0 aromatic carbocycles. The van der Waals surface area contributed by atoms with Crippen LogP contribution in [-0.4, -0.2) is 6.29 Å². The summed E-state index contributed by atoms with van der Waals surface area (Å²) in [4.78, 5) is 10.1. The molecule has 0 saturated carbocycles. The van der Waals surface area contributed by atoms with Crippen LogP contribution in [0.25, 0.3) is 0 Å². The number of aldehydes is 1. The standard InChI is InChI=1S/C7H7NO/c1-8-4-2-7(6-9)3-5-8/h2-4,6H,1H3. The molecule has 1 rings (SSSR count). The van der Waals surface area contributed by atoms with Crippen LogP contribution in [0.4, 0.5) is 0 Å². The Morgan fingerprint density at radius 1 is 1.78 bits per heavy atom. The molecule has 1 aromatic rings. The second kappa shape index (κ2) is 2.40. The van der Waals surface area contributed by atoms with Crippen molar-refractivity contribution in [3.8, 4) is 0 Å². The van der Waals surface area contributed by atoms with E-state index >= 15 is 0 Å². The molecule has 46 valence electrons. The first-order chi connectivity index (χ1) is 4.33. The Hall–Kier alpha value is -1.18. The fourth-order valence-corrected chi connectivity index (χ4v) is 0.539. The highest BCUT2D eigenvalue weighted by Crippen LogP contribution is 1.86. The van der Waals surface area contributed by atoms with Crippen LogP contribution in [0.3, 0.4) is 0 Å². The Bertz CT molecular complexity index is 203. The van der Waals surface area contributed by atoms with E-state index in [0.29, 0.717) is 5.56 Å². The lowest BCUT2D eigenvalue weighted by Gasteiger charge is -1.93. The van der Waals surface area contributed by atoms with Crippen LogP contribution < -0.4 is 4.57 Å². The van der Waals surface area contributed by atoms with Crippen LogP contribution in [0.15, 0.2) is 18.3 Å². The summed E-state index contributed by atoms with van der Waals surface area (Å²) in [6.07, 6.45) is 5.42. The number of rotatable bonds is 1. The van der Waals surface area contributed by atoms with Gasteiger partial charge in [0.2, 0.25) is 0 Å². The van der Waals surface area contributed by atoms with Crippen LogP contribution in [0, 0.1) is 6.20 Å². The number of hydrogen-bond acceptors (Lipinski definition) is 1. The van der Waals surface area contributed by atoms with Crippen molar-refractivity contribution in [3.05, 3.63) is 30.1 Å². The molecule has 9 heavy (non-hydrogen) atoms.